The summed E-state index contributed by atoms with van der Waals surface area (Å²) >= 11 is 0. The monoisotopic (exact) mass is 334 g/mol. The van der Waals surface area contributed by atoms with E-state index in [9.17, 15) is 9.18 Å². The summed E-state index contributed by atoms with van der Waals surface area (Å²) in [4.78, 5) is 14.2. The van der Waals surface area contributed by atoms with Gasteiger partial charge in [0.15, 0.2) is 24.0 Å². The molecule has 0 spiro atoms. The summed E-state index contributed by atoms with van der Waals surface area (Å²) in [6.45, 7) is 0.194. The number of halogens is 1. The van der Waals surface area contributed by atoms with Crippen molar-refractivity contribution in [3.63, 3.8) is 0 Å². The first-order chi connectivity index (χ1) is 11.6. The molecule has 7 nitrogen and oxygen atoms in total. The molecule has 3 rings (SSSR count). The zero-order valence-electron chi connectivity index (χ0n) is 13.6. The quantitative estimate of drug-likeness (QED) is 0.825. The molecule has 0 N–H and O–H groups in total. The van der Waals surface area contributed by atoms with E-state index in [4.69, 9.17) is 9.47 Å². The van der Waals surface area contributed by atoms with Gasteiger partial charge in [-0.2, -0.15) is 0 Å². The Balaban J connectivity index is 1.72. The molecule has 0 radical (unpaired) electrons. The Labute approximate surface area is 139 Å². The Morgan fingerprint density at radius 1 is 1.42 bits per heavy atom. The highest BCUT2D eigenvalue weighted by Gasteiger charge is 2.38. The van der Waals surface area contributed by atoms with Crippen molar-refractivity contribution in [2.75, 3.05) is 20.3 Å². The van der Waals surface area contributed by atoms with Crippen molar-refractivity contribution in [3.8, 4) is 5.75 Å². The molecule has 1 aliphatic heterocycles. The van der Waals surface area contributed by atoms with Crippen molar-refractivity contribution in [1.29, 1.82) is 0 Å². The zero-order valence-corrected chi connectivity index (χ0v) is 13.6. The second kappa shape index (κ2) is 6.96. The Hall–Kier alpha value is -2.48. The maximum Gasteiger partial charge on any atom is 0.261 e. The van der Waals surface area contributed by atoms with Crippen molar-refractivity contribution in [2.24, 2.45) is 7.05 Å². The molecule has 0 aliphatic carbocycles. The minimum absolute atomic E-state index is 0.0588. The maximum atomic E-state index is 13.6. The average Bonchev–Trinajstić information content (AvgIpc) is 3.19. The van der Waals surface area contributed by atoms with Crippen LogP contribution < -0.4 is 4.74 Å². The Morgan fingerprint density at radius 2 is 2.21 bits per heavy atom. The smallest absolute Gasteiger partial charge is 0.261 e. The van der Waals surface area contributed by atoms with Crippen LogP contribution in [0.5, 0.6) is 5.75 Å². The SMILES string of the molecule is CO[C@@H]1C[C@@H](c2nncn2C)N(C(=O)COc2ccccc2F)C1. The predicted octanol–water partition coefficient (Wildman–Crippen LogP) is 1.32. The molecule has 1 aliphatic rings. The molecule has 0 saturated carbocycles. The number of nitrogens with zero attached hydrogens (tertiary/aromatic N) is 4. The van der Waals surface area contributed by atoms with Crippen LogP contribution >= 0.6 is 0 Å². The number of carbonyl (C=O) groups is 1. The Morgan fingerprint density at radius 3 is 2.88 bits per heavy atom. The third-order valence-corrected chi connectivity index (χ3v) is 4.15. The third kappa shape index (κ3) is 3.23. The van der Waals surface area contributed by atoms with E-state index >= 15 is 0 Å². The number of ether oxygens (including phenoxy) is 2. The first-order valence-electron chi connectivity index (χ1n) is 7.63. The largest absolute Gasteiger partial charge is 0.481 e. The van der Waals surface area contributed by atoms with Crippen molar-refractivity contribution in [3.05, 3.63) is 42.2 Å². The summed E-state index contributed by atoms with van der Waals surface area (Å²) in [7, 11) is 3.44. The van der Waals surface area contributed by atoms with Crippen LogP contribution in [-0.4, -0.2) is 51.9 Å². The van der Waals surface area contributed by atoms with Gasteiger partial charge in [0.25, 0.3) is 5.91 Å². The zero-order chi connectivity index (χ0) is 17.1. The summed E-state index contributed by atoms with van der Waals surface area (Å²) in [6.07, 6.45) is 2.15. The van der Waals surface area contributed by atoms with Crippen LogP contribution in [0.25, 0.3) is 0 Å². The van der Waals surface area contributed by atoms with Crippen molar-refractivity contribution >= 4 is 5.91 Å². The fourth-order valence-electron chi connectivity index (χ4n) is 2.87. The normalized spacial score (nSPS) is 20.4. The molecule has 0 unspecified atom stereocenters. The van der Waals surface area contributed by atoms with E-state index in [1.165, 1.54) is 12.1 Å². The molecule has 0 bridgehead atoms. The van der Waals surface area contributed by atoms with Crippen LogP contribution in [0.4, 0.5) is 4.39 Å². The number of hydrogen-bond donors (Lipinski definition) is 0. The fraction of sp³-hybridized carbons (Fsp3) is 0.438. The van der Waals surface area contributed by atoms with E-state index in [1.54, 1.807) is 35.0 Å². The second-order valence-corrected chi connectivity index (χ2v) is 5.67. The average molecular weight is 334 g/mol. The number of aromatic nitrogens is 3. The highest BCUT2D eigenvalue weighted by atomic mass is 19.1. The lowest BCUT2D eigenvalue weighted by Crippen LogP contribution is -2.36. The van der Waals surface area contributed by atoms with Gasteiger partial charge in [0, 0.05) is 27.1 Å². The third-order valence-electron chi connectivity index (χ3n) is 4.15. The minimum Gasteiger partial charge on any atom is -0.481 e. The van der Waals surface area contributed by atoms with Gasteiger partial charge in [0.2, 0.25) is 0 Å². The van der Waals surface area contributed by atoms with Gasteiger partial charge in [-0.15, -0.1) is 10.2 Å². The summed E-state index contributed by atoms with van der Waals surface area (Å²) in [5.41, 5.74) is 0. The Kier molecular flexibility index (Phi) is 4.75. The molecule has 2 heterocycles. The van der Waals surface area contributed by atoms with Crippen LogP contribution in [0.2, 0.25) is 0 Å². The van der Waals surface area contributed by atoms with Gasteiger partial charge < -0.3 is 18.9 Å². The number of benzene rings is 1. The minimum atomic E-state index is -0.494. The summed E-state index contributed by atoms with van der Waals surface area (Å²) in [5.74, 6) is 0.00878. The lowest BCUT2D eigenvalue weighted by molar-refractivity contribution is -0.134. The molecule has 2 atom stereocenters. The van der Waals surface area contributed by atoms with Gasteiger partial charge >= 0.3 is 0 Å². The molecule has 2 aromatic rings. The summed E-state index contributed by atoms with van der Waals surface area (Å²) in [5, 5.41) is 7.96. The van der Waals surface area contributed by atoms with E-state index < -0.39 is 5.82 Å². The summed E-state index contributed by atoms with van der Waals surface area (Å²) in [6, 6.07) is 5.77. The number of methoxy groups -OCH3 is 1. The fourth-order valence-corrected chi connectivity index (χ4v) is 2.87. The van der Waals surface area contributed by atoms with Gasteiger partial charge in [0.05, 0.1) is 12.1 Å². The van der Waals surface area contributed by atoms with E-state index in [0.717, 1.165) is 0 Å². The molecule has 1 aromatic heterocycles. The topological polar surface area (TPSA) is 69.5 Å². The highest BCUT2D eigenvalue weighted by Crippen LogP contribution is 2.32. The van der Waals surface area contributed by atoms with Gasteiger partial charge in [-0.3, -0.25) is 4.79 Å². The summed E-state index contributed by atoms with van der Waals surface area (Å²) < 4.78 is 26.1. The molecule has 128 valence electrons. The second-order valence-electron chi connectivity index (χ2n) is 5.67. The number of aryl methyl sites for hydroxylation is 1. The molecular formula is C16H19FN4O3. The van der Waals surface area contributed by atoms with E-state index in [1.807, 2.05) is 7.05 Å². The molecule has 24 heavy (non-hydrogen) atoms. The van der Waals surface area contributed by atoms with Gasteiger partial charge in [-0.1, -0.05) is 12.1 Å². The molecule has 1 fully saturated rings. The van der Waals surface area contributed by atoms with Crippen LogP contribution in [0.1, 0.15) is 18.3 Å². The van der Waals surface area contributed by atoms with Gasteiger partial charge in [0.1, 0.15) is 6.33 Å². The molecule has 1 amide bonds. The van der Waals surface area contributed by atoms with E-state index in [0.29, 0.717) is 18.8 Å². The number of rotatable bonds is 5. The van der Waals surface area contributed by atoms with Gasteiger partial charge in [-0.25, -0.2) is 4.39 Å². The standard InChI is InChI=1S/C16H19FN4O3/c1-20-10-18-19-16(20)13-7-11(23-2)8-21(13)15(22)9-24-14-6-4-3-5-12(14)17/h3-6,10-11,13H,7-9H2,1-2H3/t11-,13+/m1/s1. The first-order valence-corrected chi connectivity index (χ1v) is 7.63. The van der Waals surface area contributed by atoms with Crippen LogP contribution in [-0.2, 0) is 16.6 Å². The Bertz CT molecular complexity index is 721. The molecular weight excluding hydrogens is 315 g/mol. The lowest BCUT2D eigenvalue weighted by atomic mass is 10.2. The number of carbonyl (C=O) groups excluding carboxylic acids is 1. The van der Waals surface area contributed by atoms with E-state index in [-0.39, 0.29) is 30.4 Å². The highest BCUT2D eigenvalue weighted by molar-refractivity contribution is 5.78. The van der Waals surface area contributed by atoms with Crippen LogP contribution in [0, 0.1) is 5.82 Å². The molecule has 8 heteroatoms. The number of para-hydroxylation sites is 1. The van der Waals surface area contributed by atoms with Crippen molar-refractivity contribution in [2.45, 2.75) is 18.6 Å². The first kappa shape index (κ1) is 16.4. The molecule has 1 saturated heterocycles. The van der Waals surface area contributed by atoms with Crippen molar-refractivity contribution in [1.82, 2.24) is 19.7 Å². The predicted molar refractivity (Wildman–Crippen MR) is 82.8 cm³/mol. The van der Waals surface area contributed by atoms with Gasteiger partial charge in [-0.05, 0) is 12.1 Å². The number of hydrogen-bond acceptors (Lipinski definition) is 5. The number of likely N-dealkylation sites (tertiary alicyclic amines) is 1. The van der Waals surface area contributed by atoms with Crippen LogP contribution in [0.15, 0.2) is 30.6 Å². The molecule has 1 aromatic carbocycles. The van der Waals surface area contributed by atoms with Crippen LogP contribution in [0.3, 0.4) is 0 Å². The van der Waals surface area contributed by atoms with Crippen molar-refractivity contribution < 1.29 is 18.7 Å². The van der Waals surface area contributed by atoms with E-state index in [2.05, 4.69) is 10.2 Å². The lowest BCUT2D eigenvalue weighted by Gasteiger charge is -2.23. The number of amides is 1. The maximum absolute atomic E-state index is 13.6.